The Morgan fingerprint density at radius 3 is 2.39 bits per heavy atom. The summed E-state index contributed by atoms with van der Waals surface area (Å²) in [4.78, 5) is 28.7. The number of carbonyl (C=O) groups is 2. The van der Waals surface area contributed by atoms with Gasteiger partial charge >= 0.3 is 0 Å². The van der Waals surface area contributed by atoms with E-state index in [2.05, 4.69) is 42.3 Å². The Kier molecular flexibility index (Phi) is 8.77. The summed E-state index contributed by atoms with van der Waals surface area (Å²) in [6, 6.07) is 24.9. The lowest BCUT2D eigenvalue weighted by Crippen LogP contribution is -2.46. The van der Waals surface area contributed by atoms with Crippen LogP contribution in [0.2, 0.25) is 0 Å². The molecule has 4 rings (SSSR count). The van der Waals surface area contributed by atoms with E-state index in [1.165, 1.54) is 5.56 Å². The molecule has 5 heteroatoms. The van der Waals surface area contributed by atoms with Gasteiger partial charge < -0.3 is 15.0 Å². The number of ether oxygens (including phenoxy) is 1. The molecule has 0 radical (unpaired) electrons. The van der Waals surface area contributed by atoms with E-state index in [4.69, 9.17) is 4.74 Å². The van der Waals surface area contributed by atoms with Gasteiger partial charge in [0.05, 0.1) is 12.6 Å². The molecular formula is C31H36N2O3. The number of nitrogens with zero attached hydrogens (tertiary/aromatic N) is 1. The number of Topliss-reactive ketones (excluding diaryl/α,β-unsaturated/α-hetero) is 1. The summed E-state index contributed by atoms with van der Waals surface area (Å²) in [5, 5.41) is 3.01. The molecule has 5 nitrogen and oxygen atoms in total. The van der Waals surface area contributed by atoms with Gasteiger partial charge in [-0.15, -0.1) is 0 Å². The first-order chi connectivity index (χ1) is 17.5. The lowest BCUT2D eigenvalue weighted by molar-refractivity contribution is -0.120. The fraction of sp³-hybridized carbons (Fsp3) is 0.355. The zero-order valence-corrected chi connectivity index (χ0v) is 21.3. The third-order valence-electron chi connectivity index (χ3n) is 6.57. The molecule has 0 saturated carbocycles. The van der Waals surface area contributed by atoms with Crippen LogP contribution in [0.5, 0.6) is 5.75 Å². The monoisotopic (exact) mass is 484 g/mol. The maximum absolute atomic E-state index is 13.4. The normalized spacial score (nSPS) is 14.0. The molecule has 3 aromatic carbocycles. The number of fused-ring (bicyclic) bond motifs is 1. The zero-order chi connectivity index (χ0) is 25.3. The average Bonchev–Trinajstić information content (AvgIpc) is 3.10. The molecule has 36 heavy (non-hydrogen) atoms. The first-order valence-corrected chi connectivity index (χ1v) is 12.9. The van der Waals surface area contributed by atoms with Crippen LogP contribution in [0.25, 0.3) is 0 Å². The van der Waals surface area contributed by atoms with Crippen molar-refractivity contribution in [2.24, 2.45) is 5.92 Å². The van der Waals surface area contributed by atoms with Crippen LogP contribution < -0.4 is 15.0 Å². The smallest absolute Gasteiger partial charge is 0.251 e. The summed E-state index contributed by atoms with van der Waals surface area (Å²) in [6.07, 6.45) is 3.83. The standard InChI is InChI=1S/C31H36N2O3/c1-23(2)20-28(30(34)21-33-19-9-8-13-25-12-6-7-14-29(25)33)32-31(35)26-15-17-27(18-16-26)36-22-24-10-4-3-5-11-24/h3-7,10-12,14-18,23,28H,8-9,13,19-22H2,1-2H3,(H,32,35)/t28-/m0/s1. The van der Waals surface area contributed by atoms with E-state index in [9.17, 15) is 9.59 Å². The van der Waals surface area contributed by atoms with Gasteiger partial charge in [-0.1, -0.05) is 62.4 Å². The Bertz CT molecular complexity index is 1140. The van der Waals surface area contributed by atoms with Crippen LogP contribution in [0.15, 0.2) is 78.9 Å². The predicted octanol–water partition coefficient (Wildman–Crippen LogP) is 5.82. The molecule has 0 aromatic heterocycles. The summed E-state index contributed by atoms with van der Waals surface area (Å²) in [6.45, 7) is 5.78. The number of rotatable bonds is 10. The second-order valence-corrected chi connectivity index (χ2v) is 9.93. The molecule has 188 valence electrons. The fourth-order valence-electron chi connectivity index (χ4n) is 4.66. The van der Waals surface area contributed by atoms with Crippen molar-refractivity contribution in [2.75, 3.05) is 18.0 Å². The van der Waals surface area contributed by atoms with E-state index in [0.29, 0.717) is 30.9 Å². The Balaban J connectivity index is 1.39. The summed E-state index contributed by atoms with van der Waals surface area (Å²) in [5.74, 6) is 0.797. The number of amides is 1. The van der Waals surface area contributed by atoms with Crippen LogP contribution in [0.3, 0.4) is 0 Å². The van der Waals surface area contributed by atoms with Crippen LogP contribution >= 0.6 is 0 Å². The number of ketones is 1. The predicted molar refractivity (Wildman–Crippen MR) is 145 cm³/mol. The first kappa shape index (κ1) is 25.5. The van der Waals surface area contributed by atoms with Gasteiger partial charge in [0, 0.05) is 17.8 Å². The third-order valence-corrected chi connectivity index (χ3v) is 6.57. The van der Waals surface area contributed by atoms with Crippen molar-refractivity contribution in [1.29, 1.82) is 0 Å². The molecule has 0 unspecified atom stereocenters. The summed E-state index contributed by atoms with van der Waals surface area (Å²) >= 11 is 0. The second kappa shape index (κ2) is 12.4. The van der Waals surface area contributed by atoms with Crippen molar-refractivity contribution in [1.82, 2.24) is 5.32 Å². The third kappa shape index (κ3) is 6.97. The first-order valence-electron chi connectivity index (χ1n) is 12.9. The van der Waals surface area contributed by atoms with Gasteiger partial charge in [-0.3, -0.25) is 9.59 Å². The molecule has 0 saturated heterocycles. The van der Waals surface area contributed by atoms with Gasteiger partial charge in [0.2, 0.25) is 0 Å². The highest BCUT2D eigenvalue weighted by Crippen LogP contribution is 2.26. The maximum atomic E-state index is 13.4. The fourth-order valence-corrected chi connectivity index (χ4v) is 4.66. The lowest BCUT2D eigenvalue weighted by Gasteiger charge is -2.27. The van der Waals surface area contributed by atoms with Crippen molar-refractivity contribution >= 4 is 17.4 Å². The molecule has 1 aliphatic rings. The van der Waals surface area contributed by atoms with Gasteiger partial charge in [0.25, 0.3) is 5.91 Å². The minimum absolute atomic E-state index is 0.0524. The molecule has 1 aliphatic heterocycles. The molecule has 1 amide bonds. The maximum Gasteiger partial charge on any atom is 0.251 e. The van der Waals surface area contributed by atoms with Crippen LogP contribution in [0.1, 0.15) is 54.6 Å². The second-order valence-electron chi connectivity index (χ2n) is 9.93. The minimum atomic E-state index is -0.526. The Morgan fingerprint density at radius 1 is 0.917 bits per heavy atom. The Labute approximate surface area is 214 Å². The molecule has 0 bridgehead atoms. The molecule has 0 spiro atoms. The van der Waals surface area contributed by atoms with Gasteiger partial charge in [-0.2, -0.15) is 0 Å². The van der Waals surface area contributed by atoms with Crippen molar-refractivity contribution in [3.05, 3.63) is 95.6 Å². The van der Waals surface area contributed by atoms with E-state index in [1.54, 1.807) is 24.3 Å². The van der Waals surface area contributed by atoms with Crippen LogP contribution in [0.4, 0.5) is 5.69 Å². The van der Waals surface area contributed by atoms with E-state index in [1.807, 2.05) is 36.4 Å². The number of nitrogens with one attached hydrogen (secondary N) is 1. The minimum Gasteiger partial charge on any atom is -0.489 e. The van der Waals surface area contributed by atoms with Crippen LogP contribution in [-0.4, -0.2) is 30.8 Å². The van der Waals surface area contributed by atoms with Crippen molar-refractivity contribution < 1.29 is 14.3 Å². The highest BCUT2D eigenvalue weighted by molar-refractivity contribution is 5.99. The Morgan fingerprint density at radius 2 is 1.64 bits per heavy atom. The largest absolute Gasteiger partial charge is 0.489 e. The highest BCUT2D eigenvalue weighted by Gasteiger charge is 2.26. The zero-order valence-electron chi connectivity index (χ0n) is 21.3. The van der Waals surface area contributed by atoms with Crippen molar-refractivity contribution in [2.45, 2.75) is 52.2 Å². The van der Waals surface area contributed by atoms with Gasteiger partial charge in [-0.05, 0) is 73.1 Å². The molecule has 3 aromatic rings. The quantitative estimate of drug-likeness (QED) is 0.394. The highest BCUT2D eigenvalue weighted by atomic mass is 16.5. The summed E-state index contributed by atoms with van der Waals surface area (Å²) < 4.78 is 5.83. The van der Waals surface area contributed by atoms with Gasteiger partial charge in [0.1, 0.15) is 12.4 Å². The van der Waals surface area contributed by atoms with Crippen molar-refractivity contribution in [3.8, 4) is 5.75 Å². The van der Waals surface area contributed by atoms with Gasteiger partial charge in [0.15, 0.2) is 5.78 Å². The number of hydrogen-bond acceptors (Lipinski definition) is 4. The van der Waals surface area contributed by atoms with Crippen LogP contribution in [0, 0.1) is 5.92 Å². The molecule has 1 heterocycles. The number of para-hydroxylation sites is 1. The number of carbonyl (C=O) groups excluding carboxylic acids is 2. The average molecular weight is 485 g/mol. The van der Waals surface area contributed by atoms with E-state index in [-0.39, 0.29) is 17.6 Å². The van der Waals surface area contributed by atoms with E-state index < -0.39 is 6.04 Å². The number of aryl methyl sites for hydroxylation is 1. The molecule has 1 atom stereocenters. The van der Waals surface area contributed by atoms with Crippen LogP contribution in [-0.2, 0) is 17.8 Å². The SMILES string of the molecule is CC(C)C[C@H](NC(=O)c1ccc(OCc2ccccc2)cc1)C(=O)CN1CCCCc2ccccc21. The Hall–Kier alpha value is -3.60. The van der Waals surface area contributed by atoms with Gasteiger partial charge in [-0.25, -0.2) is 0 Å². The summed E-state index contributed by atoms with van der Waals surface area (Å²) in [7, 11) is 0. The number of hydrogen-bond donors (Lipinski definition) is 1. The van der Waals surface area contributed by atoms with E-state index in [0.717, 1.165) is 37.1 Å². The molecule has 0 fully saturated rings. The summed E-state index contributed by atoms with van der Waals surface area (Å²) in [5.41, 5.74) is 4.04. The molecular weight excluding hydrogens is 448 g/mol. The number of anilines is 1. The number of benzene rings is 3. The topological polar surface area (TPSA) is 58.6 Å². The van der Waals surface area contributed by atoms with E-state index >= 15 is 0 Å². The lowest BCUT2D eigenvalue weighted by atomic mass is 9.99. The molecule has 0 aliphatic carbocycles. The molecule has 1 N–H and O–H groups in total. The van der Waals surface area contributed by atoms with Crippen molar-refractivity contribution in [3.63, 3.8) is 0 Å².